The second-order valence-corrected chi connectivity index (χ2v) is 8.91. The van der Waals surface area contributed by atoms with E-state index in [1.54, 1.807) is 48.5 Å². The highest BCUT2D eigenvalue weighted by Gasteiger charge is 2.36. The van der Waals surface area contributed by atoms with Gasteiger partial charge in [0.05, 0.1) is 16.4 Å². The lowest BCUT2D eigenvalue weighted by molar-refractivity contribution is -0.122. The first-order valence-corrected chi connectivity index (χ1v) is 11.6. The summed E-state index contributed by atoms with van der Waals surface area (Å²) in [7, 11) is 1.47. The Morgan fingerprint density at radius 1 is 1.06 bits per heavy atom. The van der Waals surface area contributed by atoms with Crippen molar-refractivity contribution in [2.24, 2.45) is 0 Å². The molecule has 0 aliphatic carbocycles. The third kappa shape index (κ3) is 5.35. The summed E-state index contributed by atoms with van der Waals surface area (Å²) in [6.45, 7) is 2.01. The lowest BCUT2D eigenvalue weighted by atomic mass is 10.1. The molecule has 1 aliphatic heterocycles. The second-order valence-electron chi connectivity index (χ2n) is 7.75. The SMILES string of the molecule is COc1cc(/C=C2\C(=O)NC(=O)N(c3ccc(C)cc3)C2=O)cc(I)c1OCc1cccc(F)c1. The van der Waals surface area contributed by atoms with Gasteiger partial charge in [0.25, 0.3) is 11.8 Å². The lowest BCUT2D eigenvalue weighted by Gasteiger charge is -2.26. The number of nitrogens with one attached hydrogen (secondary N) is 1. The van der Waals surface area contributed by atoms with Gasteiger partial charge in [0.1, 0.15) is 18.0 Å². The van der Waals surface area contributed by atoms with Gasteiger partial charge in [0.15, 0.2) is 11.5 Å². The number of nitrogens with zero attached hydrogens (tertiary/aromatic N) is 1. The summed E-state index contributed by atoms with van der Waals surface area (Å²) >= 11 is 2.05. The number of ether oxygens (including phenoxy) is 2. The summed E-state index contributed by atoms with van der Waals surface area (Å²) in [5.74, 6) is -1.07. The standard InChI is InChI=1S/C26H20FIN2O5/c1-15-6-8-19(9-7-15)30-25(32)20(24(31)29-26(30)33)11-17-12-21(28)23(22(13-17)34-2)35-14-16-4-3-5-18(27)10-16/h3-13H,14H2,1-2H3,(H,29,31,33)/b20-11+. The molecule has 0 saturated carbocycles. The average molecular weight is 586 g/mol. The first-order chi connectivity index (χ1) is 16.8. The van der Waals surface area contributed by atoms with Crippen molar-refractivity contribution < 1.29 is 28.2 Å². The molecule has 1 heterocycles. The molecule has 1 N–H and O–H groups in total. The highest BCUT2D eigenvalue weighted by Crippen LogP contribution is 2.35. The van der Waals surface area contributed by atoms with Gasteiger partial charge in [-0.15, -0.1) is 0 Å². The summed E-state index contributed by atoms with van der Waals surface area (Å²) in [6.07, 6.45) is 1.40. The number of rotatable bonds is 6. The number of anilines is 1. The molecule has 1 saturated heterocycles. The van der Waals surface area contributed by atoms with E-state index in [0.717, 1.165) is 10.5 Å². The zero-order valence-electron chi connectivity index (χ0n) is 18.8. The minimum Gasteiger partial charge on any atom is -0.493 e. The summed E-state index contributed by atoms with van der Waals surface area (Å²) in [5.41, 5.74) is 2.27. The van der Waals surface area contributed by atoms with Crippen LogP contribution in [0.2, 0.25) is 0 Å². The first kappa shape index (κ1) is 24.4. The highest BCUT2D eigenvalue weighted by molar-refractivity contribution is 14.1. The predicted octanol–water partition coefficient (Wildman–Crippen LogP) is 4.99. The Bertz CT molecular complexity index is 1350. The van der Waals surface area contributed by atoms with E-state index >= 15 is 0 Å². The van der Waals surface area contributed by atoms with E-state index in [4.69, 9.17) is 9.47 Å². The maximum atomic E-state index is 13.5. The van der Waals surface area contributed by atoms with Crippen molar-refractivity contribution in [1.29, 1.82) is 0 Å². The molecular formula is C26H20FIN2O5. The molecule has 3 aromatic rings. The molecular weight excluding hydrogens is 566 g/mol. The summed E-state index contributed by atoms with van der Waals surface area (Å²) in [4.78, 5) is 38.9. The fourth-order valence-corrected chi connectivity index (χ4v) is 4.28. The van der Waals surface area contributed by atoms with Gasteiger partial charge in [-0.2, -0.15) is 0 Å². The maximum absolute atomic E-state index is 13.5. The van der Waals surface area contributed by atoms with Gasteiger partial charge in [0, 0.05) is 0 Å². The lowest BCUT2D eigenvalue weighted by Crippen LogP contribution is -2.54. The average Bonchev–Trinajstić information content (AvgIpc) is 2.82. The molecule has 0 radical (unpaired) electrons. The fraction of sp³-hybridized carbons (Fsp3) is 0.115. The van der Waals surface area contributed by atoms with Crippen molar-refractivity contribution in [3.63, 3.8) is 0 Å². The number of hydrogen-bond acceptors (Lipinski definition) is 5. The van der Waals surface area contributed by atoms with Crippen molar-refractivity contribution in [1.82, 2.24) is 5.32 Å². The van der Waals surface area contributed by atoms with Crippen molar-refractivity contribution in [3.8, 4) is 11.5 Å². The number of hydrogen-bond donors (Lipinski definition) is 1. The van der Waals surface area contributed by atoms with E-state index in [9.17, 15) is 18.8 Å². The molecule has 4 amide bonds. The Morgan fingerprint density at radius 2 is 1.80 bits per heavy atom. The topological polar surface area (TPSA) is 84.9 Å². The van der Waals surface area contributed by atoms with E-state index in [1.807, 2.05) is 6.92 Å². The zero-order chi connectivity index (χ0) is 25.1. The second kappa shape index (κ2) is 10.3. The molecule has 0 atom stereocenters. The van der Waals surface area contributed by atoms with E-state index in [0.29, 0.717) is 31.9 Å². The van der Waals surface area contributed by atoms with Gasteiger partial charge in [-0.25, -0.2) is 14.1 Å². The molecule has 0 aromatic heterocycles. The molecule has 1 fully saturated rings. The van der Waals surface area contributed by atoms with Crippen LogP contribution in [0.3, 0.4) is 0 Å². The van der Waals surface area contributed by atoms with Crippen molar-refractivity contribution >= 4 is 52.2 Å². The van der Waals surface area contributed by atoms with Crippen molar-refractivity contribution in [2.75, 3.05) is 12.0 Å². The van der Waals surface area contributed by atoms with Crippen LogP contribution < -0.4 is 19.7 Å². The minimum atomic E-state index is -0.811. The van der Waals surface area contributed by atoms with E-state index in [2.05, 4.69) is 27.9 Å². The first-order valence-electron chi connectivity index (χ1n) is 10.5. The number of imide groups is 2. The number of barbiturate groups is 1. The third-order valence-electron chi connectivity index (χ3n) is 5.23. The van der Waals surface area contributed by atoms with Crippen LogP contribution in [0.5, 0.6) is 11.5 Å². The molecule has 4 rings (SSSR count). The van der Waals surface area contributed by atoms with Crippen LogP contribution in [0.4, 0.5) is 14.9 Å². The van der Waals surface area contributed by atoms with Crippen LogP contribution >= 0.6 is 22.6 Å². The monoisotopic (exact) mass is 586 g/mol. The van der Waals surface area contributed by atoms with Crippen LogP contribution in [0.15, 0.2) is 66.2 Å². The Morgan fingerprint density at radius 3 is 2.49 bits per heavy atom. The number of amides is 4. The summed E-state index contributed by atoms with van der Waals surface area (Å²) < 4.78 is 25.4. The normalized spacial score (nSPS) is 14.8. The quantitative estimate of drug-likeness (QED) is 0.250. The van der Waals surface area contributed by atoms with Gasteiger partial charge in [-0.1, -0.05) is 29.8 Å². The fourth-order valence-electron chi connectivity index (χ4n) is 3.50. The number of aryl methyl sites for hydroxylation is 1. The molecule has 1 aliphatic rings. The summed E-state index contributed by atoms with van der Waals surface area (Å²) in [6, 6.07) is 15.4. The number of carbonyl (C=O) groups is 3. The van der Waals surface area contributed by atoms with E-state index in [1.165, 1.54) is 25.3 Å². The van der Waals surface area contributed by atoms with Crippen LogP contribution in [0, 0.1) is 16.3 Å². The van der Waals surface area contributed by atoms with Crippen LogP contribution in [-0.4, -0.2) is 25.0 Å². The molecule has 3 aromatic carbocycles. The maximum Gasteiger partial charge on any atom is 0.335 e. The van der Waals surface area contributed by atoms with Gasteiger partial charge in [-0.3, -0.25) is 14.9 Å². The van der Waals surface area contributed by atoms with Gasteiger partial charge < -0.3 is 9.47 Å². The number of urea groups is 1. The largest absolute Gasteiger partial charge is 0.493 e. The number of carbonyl (C=O) groups excluding carboxylic acids is 3. The van der Waals surface area contributed by atoms with E-state index < -0.39 is 17.8 Å². The van der Waals surface area contributed by atoms with Crippen LogP contribution in [-0.2, 0) is 16.2 Å². The van der Waals surface area contributed by atoms with Gasteiger partial charge in [0.2, 0.25) is 0 Å². The summed E-state index contributed by atoms with van der Waals surface area (Å²) in [5, 5.41) is 2.21. The minimum absolute atomic E-state index is 0.124. The van der Waals surface area contributed by atoms with Gasteiger partial charge in [-0.05, 0) is 83.1 Å². The molecule has 0 unspecified atom stereocenters. The number of halogens is 2. The van der Waals surface area contributed by atoms with Crippen molar-refractivity contribution in [2.45, 2.75) is 13.5 Å². The smallest absolute Gasteiger partial charge is 0.335 e. The predicted molar refractivity (Wildman–Crippen MR) is 137 cm³/mol. The molecule has 35 heavy (non-hydrogen) atoms. The van der Waals surface area contributed by atoms with Crippen LogP contribution in [0.1, 0.15) is 16.7 Å². The molecule has 9 heteroatoms. The van der Waals surface area contributed by atoms with E-state index in [-0.39, 0.29) is 18.0 Å². The molecule has 178 valence electrons. The molecule has 0 spiro atoms. The Hall–Kier alpha value is -3.73. The number of benzene rings is 3. The molecule has 0 bridgehead atoms. The third-order valence-corrected chi connectivity index (χ3v) is 6.03. The number of methoxy groups -OCH3 is 1. The zero-order valence-corrected chi connectivity index (χ0v) is 21.0. The Labute approximate surface area is 214 Å². The van der Waals surface area contributed by atoms with Crippen LogP contribution in [0.25, 0.3) is 6.08 Å². The molecule has 7 nitrogen and oxygen atoms in total. The van der Waals surface area contributed by atoms with Gasteiger partial charge >= 0.3 is 6.03 Å². The Kier molecular flexibility index (Phi) is 7.15. The van der Waals surface area contributed by atoms with Crippen molar-refractivity contribution in [3.05, 3.63) is 92.3 Å². The highest BCUT2D eigenvalue weighted by atomic mass is 127. The Balaban J connectivity index is 1.64.